The molecule has 1 aliphatic rings. The Morgan fingerprint density at radius 2 is 1.95 bits per heavy atom. The van der Waals surface area contributed by atoms with Crippen LogP contribution in [0.2, 0.25) is 0 Å². The van der Waals surface area contributed by atoms with Gasteiger partial charge in [-0.3, -0.25) is 0 Å². The number of rotatable bonds is 4. The van der Waals surface area contributed by atoms with Crippen molar-refractivity contribution in [3.05, 3.63) is 0 Å². The number of hydrogen-bond acceptors (Lipinski definition) is 3. The van der Waals surface area contributed by atoms with Crippen molar-refractivity contribution in [2.45, 2.75) is 53.0 Å². The Bertz CT molecular complexity index is 426. The summed E-state index contributed by atoms with van der Waals surface area (Å²) in [7, 11) is -2.97. The molecule has 0 saturated carbocycles. The van der Waals surface area contributed by atoms with Gasteiger partial charge >= 0.3 is 6.03 Å². The molecule has 0 spiro atoms. The summed E-state index contributed by atoms with van der Waals surface area (Å²) in [5, 5.41) is 2.89. The molecular formula is C14H28N2O3S. The summed E-state index contributed by atoms with van der Waals surface area (Å²) in [6.07, 6.45) is 3.19. The summed E-state index contributed by atoms with van der Waals surface area (Å²) < 4.78 is 22.9. The predicted octanol–water partition coefficient (Wildman–Crippen LogP) is 2.03. The van der Waals surface area contributed by atoms with Crippen molar-refractivity contribution in [1.82, 2.24) is 10.2 Å². The number of unbranched alkanes of at least 4 members (excludes halogenated alkanes) is 1. The van der Waals surface area contributed by atoms with E-state index in [1.165, 1.54) is 0 Å². The Kier molecular flexibility index (Phi) is 5.86. The maximum absolute atomic E-state index is 12.0. The van der Waals surface area contributed by atoms with Crippen molar-refractivity contribution < 1.29 is 13.2 Å². The second kappa shape index (κ2) is 6.78. The number of sulfone groups is 1. The van der Waals surface area contributed by atoms with E-state index in [1.807, 2.05) is 0 Å². The van der Waals surface area contributed by atoms with Crippen LogP contribution in [-0.4, -0.2) is 50.0 Å². The Labute approximate surface area is 123 Å². The lowest BCUT2D eigenvalue weighted by Crippen LogP contribution is -2.53. The van der Waals surface area contributed by atoms with Gasteiger partial charge in [-0.1, -0.05) is 27.2 Å². The molecule has 0 aliphatic carbocycles. The summed E-state index contributed by atoms with van der Waals surface area (Å²) in [5.74, 6) is 0.152. The summed E-state index contributed by atoms with van der Waals surface area (Å²) in [4.78, 5) is 13.6. The Balaban J connectivity index is 2.27. The molecule has 1 saturated heterocycles. The highest BCUT2D eigenvalue weighted by Crippen LogP contribution is 2.21. The fourth-order valence-corrected chi connectivity index (χ4v) is 3.93. The molecule has 1 atom stereocenters. The molecule has 0 aromatic carbocycles. The number of urea groups is 1. The average Bonchev–Trinajstić information content (AvgIpc) is 2.25. The molecule has 0 aromatic heterocycles. The van der Waals surface area contributed by atoms with Gasteiger partial charge in [0.1, 0.15) is 0 Å². The van der Waals surface area contributed by atoms with Crippen molar-refractivity contribution in [1.29, 1.82) is 0 Å². The number of amides is 2. The topological polar surface area (TPSA) is 66.5 Å². The standard InChI is InChI=1S/C14H28N2O3S/c1-12-11-20(18,19)10-9-16(12)13(17)15-8-6-5-7-14(2,3)4/h12H,5-11H2,1-4H3,(H,15,17)/t12-/m1/s1. The molecule has 2 amide bonds. The fraction of sp³-hybridized carbons (Fsp3) is 0.929. The molecule has 1 N–H and O–H groups in total. The fourth-order valence-electron chi connectivity index (χ4n) is 2.38. The zero-order chi connectivity index (χ0) is 15.4. The molecule has 20 heavy (non-hydrogen) atoms. The zero-order valence-electron chi connectivity index (χ0n) is 13.1. The Morgan fingerprint density at radius 1 is 1.30 bits per heavy atom. The van der Waals surface area contributed by atoms with E-state index in [1.54, 1.807) is 11.8 Å². The van der Waals surface area contributed by atoms with Gasteiger partial charge in [0.25, 0.3) is 0 Å². The first-order valence-corrected chi connectivity index (χ1v) is 9.18. The van der Waals surface area contributed by atoms with Crippen molar-refractivity contribution in [3.63, 3.8) is 0 Å². The van der Waals surface area contributed by atoms with Crippen molar-refractivity contribution >= 4 is 15.9 Å². The van der Waals surface area contributed by atoms with E-state index in [4.69, 9.17) is 0 Å². The second-order valence-corrected chi connectivity index (χ2v) is 9.14. The van der Waals surface area contributed by atoms with E-state index in [2.05, 4.69) is 26.1 Å². The Hall–Kier alpha value is -0.780. The van der Waals surface area contributed by atoms with Crippen molar-refractivity contribution in [3.8, 4) is 0 Å². The predicted molar refractivity (Wildman–Crippen MR) is 81.5 cm³/mol. The highest BCUT2D eigenvalue weighted by molar-refractivity contribution is 7.91. The van der Waals surface area contributed by atoms with Crippen LogP contribution in [0.3, 0.4) is 0 Å². The third-order valence-electron chi connectivity index (χ3n) is 3.56. The number of nitrogens with zero attached hydrogens (tertiary/aromatic N) is 1. The average molecular weight is 304 g/mol. The highest BCUT2D eigenvalue weighted by Gasteiger charge is 2.30. The highest BCUT2D eigenvalue weighted by atomic mass is 32.2. The molecule has 0 radical (unpaired) electrons. The van der Waals surface area contributed by atoms with Crippen molar-refractivity contribution in [2.24, 2.45) is 5.41 Å². The normalized spacial score (nSPS) is 22.6. The molecule has 0 aromatic rings. The van der Waals surface area contributed by atoms with Gasteiger partial charge in [0, 0.05) is 19.1 Å². The van der Waals surface area contributed by atoms with Gasteiger partial charge < -0.3 is 10.2 Å². The monoisotopic (exact) mass is 304 g/mol. The maximum Gasteiger partial charge on any atom is 0.317 e. The van der Waals surface area contributed by atoms with Crippen LogP contribution in [-0.2, 0) is 9.84 Å². The van der Waals surface area contributed by atoms with Gasteiger partial charge in [0.15, 0.2) is 9.84 Å². The zero-order valence-corrected chi connectivity index (χ0v) is 13.9. The van der Waals surface area contributed by atoms with Crippen LogP contribution < -0.4 is 5.32 Å². The number of carbonyl (C=O) groups excluding carboxylic acids is 1. The molecule has 6 heteroatoms. The minimum absolute atomic E-state index is 0.0739. The first-order chi connectivity index (χ1) is 9.11. The van der Waals surface area contributed by atoms with Crippen LogP contribution in [0.25, 0.3) is 0 Å². The molecule has 0 bridgehead atoms. The second-order valence-electron chi connectivity index (χ2n) is 6.91. The molecule has 1 fully saturated rings. The van der Waals surface area contributed by atoms with E-state index in [-0.39, 0.29) is 23.6 Å². The van der Waals surface area contributed by atoms with E-state index in [0.717, 1.165) is 19.3 Å². The summed E-state index contributed by atoms with van der Waals surface area (Å²) >= 11 is 0. The largest absolute Gasteiger partial charge is 0.338 e. The summed E-state index contributed by atoms with van der Waals surface area (Å²) in [6.45, 7) is 9.38. The smallest absolute Gasteiger partial charge is 0.317 e. The molecular weight excluding hydrogens is 276 g/mol. The van der Waals surface area contributed by atoms with Crippen LogP contribution in [0, 0.1) is 5.41 Å². The first-order valence-electron chi connectivity index (χ1n) is 7.36. The minimum Gasteiger partial charge on any atom is -0.338 e. The SMILES string of the molecule is C[C@@H]1CS(=O)(=O)CCN1C(=O)NCCCCC(C)(C)C. The molecule has 118 valence electrons. The van der Waals surface area contributed by atoms with E-state index in [0.29, 0.717) is 18.5 Å². The Morgan fingerprint density at radius 3 is 2.50 bits per heavy atom. The van der Waals surface area contributed by atoms with Gasteiger partial charge in [0.05, 0.1) is 11.5 Å². The molecule has 1 rings (SSSR count). The van der Waals surface area contributed by atoms with E-state index in [9.17, 15) is 13.2 Å². The lowest BCUT2D eigenvalue weighted by Gasteiger charge is -2.33. The lowest BCUT2D eigenvalue weighted by atomic mass is 9.90. The van der Waals surface area contributed by atoms with E-state index < -0.39 is 9.84 Å². The van der Waals surface area contributed by atoms with Crippen molar-refractivity contribution in [2.75, 3.05) is 24.6 Å². The van der Waals surface area contributed by atoms with Crippen LogP contribution >= 0.6 is 0 Å². The van der Waals surface area contributed by atoms with Gasteiger partial charge in [-0.15, -0.1) is 0 Å². The first kappa shape index (κ1) is 17.3. The lowest BCUT2D eigenvalue weighted by molar-refractivity contribution is 0.185. The van der Waals surface area contributed by atoms with Crippen LogP contribution in [0.4, 0.5) is 4.79 Å². The maximum atomic E-state index is 12.0. The van der Waals surface area contributed by atoms with Gasteiger partial charge in [-0.05, 0) is 25.2 Å². The van der Waals surface area contributed by atoms with Gasteiger partial charge in [0.2, 0.25) is 0 Å². The molecule has 0 unspecified atom stereocenters. The third-order valence-corrected chi connectivity index (χ3v) is 5.36. The summed E-state index contributed by atoms with van der Waals surface area (Å²) in [6, 6.07) is -0.369. The molecule has 1 heterocycles. The van der Waals surface area contributed by atoms with Crippen LogP contribution in [0.15, 0.2) is 0 Å². The molecule has 5 nitrogen and oxygen atoms in total. The van der Waals surface area contributed by atoms with Crippen LogP contribution in [0.5, 0.6) is 0 Å². The van der Waals surface area contributed by atoms with Crippen LogP contribution in [0.1, 0.15) is 47.0 Å². The van der Waals surface area contributed by atoms with E-state index >= 15 is 0 Å². The number of carbonyl (C=O) groups is 1. The minimum atomic E-state index is -2.97. The van der Waals surface area contributed by atoms with Gasteiger partial charge in [-0.25, -0.2) is 13.2 Å². The third kappa shape index (κ3) is 6.11. The molecule has 1 aliphatic heterocycles. The number of nitrogens with one attached hydrogen (secondary N) is 1. The quantitative estimate of drug-likeness (QED) is 0.808. The summed E-state index contributed by atoms with van der Waals surface area (Å²) in [5.41, 5.74) is 0.333. The number of hydrogen-bond donors (Lipinski definition) is 1. The van der Waals surface area contributed by atoms with Gasteiger partial charge in [-0.2, -0.15) is 0 Å².